The lowest BCUT2D eigenvalue weighted by Crippen LogP contribution is -2.45. The highest BCUT2D eigenvalue weighted by Gasteiger charge is 2.17. The smallest absolute Gasteiger partial charge is 0.221 e. The van der Waals surface area contributed by atoms with E-state index in [1.807, 2.05) is 11.6 Å². The van der Waals surface area contributed by atoms with Gasteiger partial charge >= 0.3 is 0 Å². The Kier molecular flexibility index (Phi) is 6.33. The molecule has 1 fully saturated rings. The van der Waals surface area contributed by atoms with E-state index in [1.165, 1.54) is 0 Å². The topological polar surface area (TPSA) is 66.3 Å². The van der Waals surface area contributed by atoms with Gasteiger partial charge in [0.1, 0.15) is 12.2 Å². The van der Waals surface area contributed by atoms with E-state index in [0.717, 1.165) is 51.5 Å². The first-order valence-electron chi connectivity index (χ1n) is 8.18. The van der Waals surface area contributed by atoms with Crippen LogP contribution in [0.2, 0.25) is 0 Å². The summed E-state index contributed by atoms with van der Waals surface area (Å²) in [6.07, 6.45) is 3.09. The van der Waals surface area contributed by atoms with Crippen LogP contribution in [-0.4, -0.2) is 70.2 Å². The van der Waals surface area contributed by atoms with E-state index in [-0.39, 0.29) is 11.9 Å². The SMILES string of the molecule is CCCn1ncnc1C(C)NC(=O)CCN1CCN(C)CC1. The molecular formula is C15H28N6O. The first kappa shape index (κ1) is 16.9. The van der Waals surface area contributed by atoms with E-state index < -0.39 is 0 Å². The molecule has 0 radical (unpaired) electrons. The molecule has 1 aromatic heterocycles. The van der Waals surface area contributed by atoms with Gasteiger partial charge in [-0.15, -0.1) is 0 Å². The summed E-state index contributed by atoms with van der Waals surface area (Å²) in [5.74, 6) is 0.910. The van der Waals surface area contributed by atoms with E-state index in [1.54, 1.807) is 6.33 Å². The first-order chi connectivity index (χ1) is 10.6. The number of nitrogens with one attached hydrogen (secondary N) is 1. The van der Waals surface area contributed by atoms with Crippen molar-refractivity contribution in [2.45, 2.75) is 39.3 Å². The minimum atomic E-state index is -0.103. The number of aromatic nitrogens is 3. The van der Waals surface area contributed by atoms with Crippen LogP contribution in [0, 0.1) is 0 Å². The molecule has 2 heterocycles. The summed E-state index contributed by atoms with van der Waals surface area (Å²) in [6.45, 7) is 9.98. The Morgan fingerprint density at radius 3 is 2.73 bits per heavy atom. The molecule has 124 valence electrons. The van der Waals surface area contributed by atoms with Gasteiger partial charge in [-0.25, -0.2) is 9.67 Å². The summed E-state index contributed by atoms with van der Waals surface area (Å²) < 4.78 is 1.87. The molecule has 7 heteroatoms. The van der Waals surface area contributed by atoms with E-state index in [9.17, 15) is 4.79 Å². The summed E-state index contributed by atoms with van der Waals surface area (Å²) in [5.41, 5.74) is 0. The molecule has 1 aromatic rings. The normalized spacial score (nSPS) is 18.3. The molecule has 0 saturated carbocycles. The Bertz CT molecular complexity index is 466. The summed E-state index contributed by atoms with van der Waals surface area (Å²) in [6, 6.07) is -0.103. The van der Waals surface area contributed by atoms with Crippen LogP contribution in [0.1, 0.15) is 38.6 Å². The molecule has 22 heavy (non-hydrogen) atoms. The third kappa shape index (κ3) is 4.78. The van der Waals surface area contributed by atoms with Crippen LogP contribution in [-0.2, 0) is 11.3 Å². The Morgan fingerprint density at radius 1 is 1.32 bits per heavy atom. The van der Waals surface area contributed by atoms with E-state index in [0.29, 0.717) is 6.42 Å². The highest BCUT2D eigenvalue weighted by Crippen LogP contribution is 2.09. The zero-order chi connectivity index (χ0) is 15.9. The molecule has 1 aliphatic heterocycles. The molecule has 1 saturated heterocycles. The first-order valence-corrected chi connectivity index (χ1v) is 8.18. The fourth-order valence-electron chi connectivity index (χ4n) is 2.70. The van der Waals surface area contributed by atoms with Crippen LogP contribution in [0.5, 0.6) is 0 Å². The Hall–Kier alpha value is -1.47. The summed E-state index contributed by atoms with van der Waals surface area (Å²) in [7, 11) is 2.14. The number of rotatable bonds is 7. The van der Waals surface area contributed by atoms with Gasteiger partial charge in [-0.2, -0.15) is 5.10 Å². The maximum Gasteiger partial charge on any atom is 0.221 e. The van der Waals surface area contributed by atoms with Crippen LogP contribution >= 0.6 is 0 Å². The Labute approximate surface area is 132 Å². The third-order valence-corrected chi connectivity index (χ3v) is 4.10. The molecule has 1 unspecified atom stereocenters. The summed E-state index contributed by atoms with van der Waals surface area (Å²) in [4.78, 5) is 21.1. The molecule has 0 bridgehead atoms. The number of likely N-dealkylation sites (N-methyl/N-ethyl adjacent to an activating group) is 1. The molecular weight excluding hydrogens is 280 g/mol. The van der Waals surface area contributed by atoms with Gasteiger partial charge in [0.05, 0.1) is 6.04 Å². The predicted molar refractivity (Wildman–Crippen MR) is 85.4 cm³/mol. The molecule has 0 spiro atoms. The van der Waals surface area contributed by atoms with Crippen LogP contribution in [0.15, 0.2) is 6.33 Å². The van der Waals surface area contributed by atoms with Crippen molar-refractivity contribution in [1.82, 2.24) is 29.9 Å². The standard InChI is InChI=1S/C15H28N6O/c1-4-6-21-15(16-12-17-21)13(2)18-14(22)5-7-20-10-8-19(3)9-11-20/h12-13H,4-11H2,1-3H3,(H,18,22). The van der Waals surface area contributed by atoms with Crippen LogP contribution in [0.3, 0.4) is 0 Å². The highest BCUT2D eigenvalue weighted by atomic mass is 16.1. The summed E-state index contributed by atoms with van der Waals surface area (Å²) in [5, 5.41) is 7.23. The number of nitrogens with zero attached hydrogens (tertiary/aromatic N) is 5. The minimum absolute atomic E-state index is 0.0810. The van der Waals surface area contributed by atoms with Crippen molar-refractivity contribution >= 4 is 5.91 Å². The molecule has 2 rings (SSSR count). The van der Waals surface area contributed by atoms with Crippen molar-refractivity contribution in [3.63, 3.8) is 0 Å². The summed E-state index contributed by atoms with van der Waals surface area (Å²) >= 11 is 0. The second kappa shape index (κ2) is 8.24. The van der Waals surface area contributed by atoms with E-state index in [4.69, 9.17) is 0 Å². The highest BCUT2D eigenvalue weighted by molar-refractivity contribution is 5.76. The van der Waals surface area contributed by atoms with Crippen LogP contribution in [0.25, 0.3) is 0 Å². The lowest BCUT2D eigenvalue weighted by Gasteiger charge is -2.32. The molecule has 7 nitrogen and oxygen atoms in total. The average Bonchev–Trinajstić information content (AvgIpc) is 2.95. The number of hydrogen-bond acceptors (Lipinski definition) is 5. The van der Waals surface area contributed by atoms with Crippen molar-refractivity contribution in [2.75, 3.05) is 39.8 Å². The number of carbonyl (C=O) groups excluding carboxylic acids is 1. The number of aryl methyl sites for hydroxylation is 1. The number of amides is 1. The Morgan fingerprint density at radius 2 is 2.05 bits per heavy atom. The number of hydrogen-bond donors (Lipinski definition) is 1. The van der Waals surface area contributed by atoms with Crippen molar-refractivity contribution < 1.29 is 4.79 Å². The third-order valence-electron chi connectivity index (χ3n) is 4.10. The zero-order valence-electron chi connectivity index (χ0n) is 14.0. The fraction of sp³-hybridized carbons (Fsp3) is 0.800. The molecule has 0 aromatic carbocycles. The van der Waals surface area contributed by atoms with E-state index in [2.05, 4.69) is 39.2 Å². The number of carbonyl (C=O) groups is 1. The predicted octanol–water partition coefficient (Wildman–Crippen LogP) is 0.503. The Balaban J connectivity index is 1.75. The van der Waals surface area contributed by atoms with Gasteiger partial charge in [-0.1, -0.05) is 6.92 Å². The minimum Gasteiger partial charge on any atom is -0.346 e. The maximum absolute atomic E-state index is 12.1. The van der Waals surface area contributed by atoms with Gasteiger partial charge in [0, 0.05) is 45.7 Å². The van der Waals surface area contributed by atoms with Gasteiger partial charge in [0.15, 0.2) is 0 Å². The van der Waals surface area contributed by atoms with Crippen LogP contribution in [0.4, 0.5) is 0 Å². The largest absolute Gasteiger partial charge is 0.346 e. The van der Waals surface area contributed by atoms with Crippen molar-refractivity contribution in [3.05, 3.63) is 12.2 Å². The molecule has 0 aliphatic carbocycles. The molecule has 1 atom stereocenters. The van der Waals surface area contributed by atoms with Crippen molar-refractivity contribution in [2.24, 2.45) is 0 Å². The lowest BCUT2D eigenvalue weighted by atomic mass is 10.2. The van der Waals surface area contributed by atoms with Crippen molar-refractivity contribution in [3.8, 4) is 0 Å². The molecule has 1 N–H and O–H groups in total. The van der Waals surface area contributed by atoms with Crippen LogP contribution < -0.4 is 5.32 Å². The second-order valence-electron chi connectivity index (χ2n) is 6.03. The lowest BCUT2D eigenvalue weighted by molar-refractivity contribution is -0.122. The number of piperazine rings is 1. The maximum atomic E-state index is 12.1. The zero-order valence-corrected chi connectivity index (χ0v) is 14.0. The second-order valence-corrected chi connectivity index (χ2v) is 6.03. The van der Waals surface area contributed by atoms with Gasteiger partial charge < -0.3 is 15.1 Å². The van der Waals surface area contributed by atoms with Gasteiger partial charge in [-0.05, 0) is 20.4 Å². The van der Waals surface area contributed by atoms with Crippen molar-refractivity contribution in [1.29, 1.82) is 0 Å². The average molecular weight is 308 g/mol. The quantitative estimate of drug-likeness (QED) is 0.795. The molecule has 1 amide bonds. The monoisotopic (exact) mass is 308 g/mol. The molecule has 1 aliphatic rings. The van der Waals surface area contributed by atoms with E-state index >= 15 is 0 Å². The van der Waals surface area contributed by atoms with Gasteiger partial charge in [-0.3, -0.25) is 4.79 Å². The van der Waals surface area contributed by atoms with Gasteiger partial charge in [0.2, 0.25) is 5.91 Å². The fourth-order valence-corrected chi connectivity index (χ4v) is 2.70. The van der Waals surface area contributed by atoms with Gasteiger partial charge in [0.25, 0.3) is 0 Å².